The number of hydrogen-bond donors (Lipinski definition) is 2. The summed E-state index contributed by atoms with van der Waals surface area (Å²) in [6.07, 6.45) is -4.36. The molecule has 0 aliphatic heterocycles. The van der Waals surface area contributed by atoms with Gasteiger partial charge < -0.3 is 15.4 Å². The van der Waals surface area contributed by atoms with Gasteiger partial charge in [-0.2, -0.15) is 13.2 Å². The van der Waals surface area contributed by atoms with Gasteiger partial charge in [-0.25, -0.2) is 0 Å². The second-order valence-corrected chi connectivity index (χ2v) is 6.36. The number of anilines is 2. The molecule has 0 amide bonds. The van der Waals surface area contributed by atoms with Gasteiger partial charge in [-0.1, -0.05) is 30.3 Å². The smallest absolute Gasteiger partial charge is 0.416 e. The maximum atomic E-state index is 12.6. The van der Waals surface area contributed by atoms with E-state index in [0.717, 1.165) is 29.1 Å². The van der Waals surface area contributed by atoms with E-state index in [1.54, 1.807) is 12.1 Å². The monoisotopic (exact) mass is 402 g/mol. The van der Waals surface area contributed by atoms with Crippen molar-refractivity contribution in [2.75, 3.05) is 10.6 Å². The molecule has 3 aromatic carbocycles. The van der Waals surface area contributed by atoms with E-state index in [0.29, 0.717) is 12.3 Å². The fourth-order valence-electron chi connectivity index (χ4n) is 2.41. The van der Waals surface area contributed by atoms with Crippen molar-refractivity contribution < 1.29 is 17.9 Å². The Labute approximate surface area is 166 Å². The maximum absolute atomic E-state index is 12.6. The summed E-state index contributed by atoms with van der Waals surface area (Å²) in [6.45, 7) is 0.474. The van der Waals surface area contributed by atoms with Gasteiger partial charge in [0.05, 0.1) is 5.56 Å². The van der Waals surface area contributed by atoms with Crippen LogP contribution in [0.4, 0.5) is 24.5 Å². The highest BCUT2D eigenvalue weighted by molar-refractivity contribution is 7.80. The first-order valence-electron chi connectivity index (χ1n) is 8.42. The number of thiocarbonyl (C=S) groups is 1. The summed E-state index contributed by atoms with van der Waals surface area (Å²) >= 11 is 5.20. The summed E-state index contributed by atoms with van der Waals surface area (Å²) in [6, 6.07) is 21.7. The summed E-state index contributed by atoms with van der Waals surface area (Å²) in [5, 5.41) is 6.11. The Morgan fingerprint density at radius 3 is 1.86 bits per heavy atom. The fraction of sp³-hybridized carbons (Fsp3) is 0.0952. The summed E-state index contributed by atoms with van der Waals surface area (Å²) in [5.41, 5.74) is 1.57. The maximum Gasteiger partial charge on any atom is 0.416 e. The Kier molecular flexibility index (Phi) is 6.16. The van der Waals surface area contributed by atoms with Crippen molar-refractivity contribution in [2.24, 2.45) is 0 Å². The molecule has 7 heteroatoms. The minimum absolute atomic E-state index is 0.276. The standard InChI is InChI=1S/C21H17F3N2OS/c22-21(23,24)16-6-8-17(9-7-16)25-20(28)26-18-10-12-19(13-11-18)27-14-15-4-2-1-3-5-15/h1-13H,14H2,(H2,25,26,28). The Balaban J connectivity index is 1.51. The van der Waals surface area contributed by atoms with Gasteiger partial charge in [0.2, 0.25) is 0 Å². The highest BCUT2D eigenvalue weighted by atomic mass is 32.1. The van der Waals surface area contributed by atoms with E-state index < -0.39 is 11.7 Å². The molecule has 0 aromatic heterocycles. The molecule has 0 bridgehead atoms. The van der Waals surface area contributed by atoms with Crippen LogP contribution < -0.4 is 15.4 Å². The highest BCUT2D eigenvalue weighted by Crippen LogP contribution is 2.29. The van der Waals surface area contributed by atoms with Crippen LogP contribution in [-0.2, 0) is 12.8 Å². The number of benzene rings is 3. The molecule has 3 aromatic rings. The zero-order chi connectivity index (χ0) is 20.0. The predicted octanol–water partition coefficient (Wildman–Crippen LogP) is 6.09. The lowest BCUT2D eigenvalue weighted by atomic mass is 10.2. The van der Waals surface area contributed by atoms with Gasteiger partial charge in [-0.15, -0.1) is 0 Å². The van der Waals surface area contributed by atoms with Crippen molar-refractivity contribution in [3.8, 4) is 5.75 Å². The van der Waals surface area contributed by atoms with Crippen molar-refractivity contribution in [1.29, 1.82) is 0 Å². The van der Waals surface area contributed by atoms with Gasteiger partial charge in [-0.3, -0.25) is 0 Å². The van der Waals surface area contributed by atoms with E-state index in [1.165, 1.54) is 12.1 Å². The van der Waals surface area contributed by atoms with Crippen LogP contribution in [0.1, 0.15) is 11.1 Å². The second-order valence-electron chi connectivity index (χ2n) is 5.95. The highest BCUT2D eigenvalue weighted by Gasteiger charge is 2.29. The van der Waals surface area contributed by atoms with Crippen LogP contribution >= 0.6 is 12.2 Å². The number of nitrogens with one attached hydrogen (secondary N) is 2. The summed E-state index contributed by atoms with van der Waals surface area (Å²) < 4.78 is 43.5. The van der Waals surface area contributed by atoms with Gasteiger partial charge in [0.1, 0.15) is 12.4 Å². The molecule has 28 heavy (non-hydrogen) atoms. The summed E-state index contributed by atoms with van der Waals surface area (Å²) in [4.78, 5) is 0. The molecule has 0 unspecified atom stereocenters. The van der Waals surface area contributed by atoms with Crippen LogP contribution in [0.15, 0.2) is 78.9 Å². The van der Waals surface area contributed by atoms with E-state index >= 15 is 0 Å². The molecule has 3 rings (SSSR count). The Hall–Kier alpha value is -3.06. The number of halogens is 3. The molecule has 0 aliphatic carbocycles. The molecule has 0 saturated heterocycles. The van der Waals surface area contributed by atoms with Crippen molar-refractivity contribution >= 4 is 28.7 Å². The number of ether oxygens (including phenoxy) is 1. The van der Waals surface area contributed by atoms with Crippen LogP contribution in [-0.4, -0.2) is 5.11 Å². The number of rotatable bonds is 5. The lowest BCUT2D eigenvalue weighted by molar-refractivity contribution is -0.137. The topological polar surface area (TPSA) is 33.3 Å². The lowest BCUT2D eigenvalue weighted by Crippen LogP contribution is -2.19. The zero-order valence-corrected chi connectivity index (χ0v) is 15.5. The SMILES string of the molecule is FC(F)(F)c1ccc(NC(=S)Nc2ccc(OCc3ccccc3)cc2)cc1. The van der Waals surface area contributed by atoms with Crippen molar-refractivity contribution in [3.05, 3.63) is 90.0 Å². The minimum atomic E-state index is -4.36. The Morgan fingerprint density at radius 1 is 0.786 bits per heavy atom. The first-order chi connectivity index (χ1) is 13.4. The Bertz CT molecular complexity index is 911. The van der Waals surface area contributed by atoms with Gasteiger partial charge in [0, 0.05) is 11.4 Å². The van der Waals surface area contributed by atoms with E-state index in [9.17, 15) is 13.2 Å². The first-order valence-corrected chi connectivity index (χ1v) is 8.83. The third-order valence-electron chi connectivity index (χ3n) is 3.83. The molecular weight excluding hydrogens is 385 g/mol. The predicted molar refractivity (Wildman–Crippen MR) is 109 cm³/mol. The first kappa shape index (κ1) is 19.7. The molecule has 144 valence electrons. The fourth-order valence-corrected chi connectivity index (χ4v) is 2.65. The average Bonchev–Trinajstić information content (AvgIpc) is 2.68. The minimum Gasteiger partial charge on any atom is -0.489 e. The van der Waals surface area contributed by atoms with Gasteiger partial charge in [0.25, 0.3) is 0 Å². The molecule has 0 heterocycles. The van der Waals surface area contributed by atoms with Crippen molar-refractivity contribution in [1.82, 2.24) is 0 Å². The second kappa shape index (κ2) is 8.75. The summed E-state index contributed by atoms with van der Waals surface area (Å²) in [5.74, 6) is 0.719. The third kappa shape index (κ3) is 5.72. The molecule has 0 atom stereocenters. The lowest BCUT2D eigenvalue weighted by Gasteiger charge is -2.12. The van der Waals surface area contributed by atoms with Crippen LogP contribution in [0, 0.1) is 0 Å². The van der Waals surface area contributed by atoms with Crippen molar-refractivity contribution in [3.63, 3.8) is 0 Å². The molecule has 3 nitrogen and oxygen atoms in total. The quantitative estimate of drug-likeness (QED) is 0.506. The number of hydrogen-bond acceptors (Lipinski definition) is 2. The molecule has 0 saturated carbocycles. The molecule has 0 aliphatic rings. The van der Waals surface area contributed by atoms with Crippen LogP contribution in [0.25, 0.3) is 0 Å². The van der Waals surface area contributed by atoms with E-state index in [4.69, 9.17) is 17.0 Å². The largest absolute Gasteiger partial charge is 0.489 e. The molecule has 0 radical (unpaired) electrons. The zero-order valence-electron chi connectivity index (χ0n) is 14.7. The van der Waals surface area contributed by atoms with Crippen LogP contribution in [0.3, 0.4) is 0 Å². The Morgan fingerprint density at radius 2 is 1.32 bits per heavy atom. The van der Waals surface area contributed by atoms with Gasteiger partial charge in [0.15, 0.2) is 5.11 Å². The molecule has 0 fully saturated rings. The van der Waals surface area contributed by atoms with E-state index in [-0.39, 0.29) is 5.11 Å². The van der Waals surface area contributed by atoms with Crippen LogP contribution in [0.2, 0.25) is 0 Å². The molecular formula is C21H17F3N2OS. The normalized spacial score (nSPS) is 11.0. The third-order valence-corrected chi connectivity index (χ3v) is 4.03. The average molecular weight is 402 g/mol. The van der Waals surface area contributed by atoms with Crippen molar-refractivity contribution in [2.45, 2.75) is 12.8 Å². The van der Waals surface area contributed by atoms with E-state index in [1.807, 2.05) is 42.5 Å². The summed E-state index contributed by atoms with van der Waals surface area (Å²) in [7, 11) is 0. The molecule has 0 spiro atoms. The number of alkyl halides is 3. The van der Waals surface area contributed by atoms with Gasteiger partial charge in [-0.05, 0) is 66.3 Å². The van der Waals surface area contributed by atoms with Crippen LogP contribution in [0.5, 0.6) is 5.75 Å². The van der Waals surface area contributed by atoms with E-state index in [2.05, 4.69) is 10.6 Å². The molecule has 2 N–H and O–H groups in total. The van der Waals surface area contributed by atoms with Gasteiger partial charge >= 0.3 is 6.18 Å².